The summed E-state index contributed by atoms with van der Waals surface area (Å²) in [6, 6.07) is 5.84. The monoisotopic (exact) mass is 265 g/mol. The topological polar surface area (TPSA) is 66.8 Å². The van der Waals surface area contributed by atoms with E-state index < -0.39 is 5.97 Å². The molecule has 19 heavy (non-hydrogen) atoms. The molecule has 0 aromatic heterocycles. The van der Waals surface area contributed by atoms with E-state index in [1.807, 2.05) is 32.0 Å². The highest BCUT2D eigenvalue weighted by molar-refractivity contribution is 5.81. The Morgan fingerprint density at radius 2 is 1.79 bits per heavy atom. The first-order valence-electron chi connectivity index (χ1n) is 6.05. The van der Waals surface area contributed by atoms with Crippen molar-refractivity contribution in [2.45, 2.75) is 20.3 Å². The fourth-order valence-electron chi connectivity index (χ4n) is 1.75. The Morgan fingerprint density at radius 1 is 1.21 bits per heavy atom. The number of carboxylic acids is 1. The molecule has 0 saturated heterocycles. The average molecular weight is 265 g/mol. The Balaban J connectivity index is 2.41. The third kappa shape index (κ3) is 5.42. The lowest BCUT2D eigenvalue weighted by molar-refractivity contribution is -0.143. The lowest BCUT2D eigenvalue weighted by atomic mass is 10.1. The van der Waals surface area contributed by atoms with Crippen LogP contribution < -0.4 is 4.74 Å². The number of carbonyl (C=O) groups is 2. The zero-order valence-electron chi connectivity index (χ0n) is 11.5. The second-order valence-corrected chi connectivity index (χ2v) is 4.57. The smallest absolute Gasteiger partial charge is 0.323 e. The minimum absolute atomic E-state index is 0.163. The van der Waals surface area contributed by atoms with Crippen molar-refractivity contribution in [3.8, 4) is 5.75 Å². The van der Waals surface area contributed by atoms with Gasteiger partial charge in [0.25, 0.3) is 0 Å². The van der Waals surface area contributed by atoms with Crippen molar-refractivity contribution in [1.82, 2.24) is 4.90 Å². The Morgan fingerprint density at radius 3 is 2.32 bits per heavy atom. The van der Waals surface area contributed by atoms with Crippen molar-refractivity contribution in [3.05, 3.63) is 29.3 Å². The van der Waals surface area contributed by atoms with E-state index in [9.17, 15) is 9.59 Å². The van der Waals surface area contributed by atoms with Gasteiger partial charge in [0.1, 0.15) is 12.3 Å². The van der Waals surface area contributed by atoms with Crippen molar-refractivity contribution < 1.29 is 19.4 Å². The summed E-state index contributed by atoms with van der Waals surface area (Å²) in [4.78, 5) is 23.2. The molecular formula is C14H19NO4. The van der Waals surface area contributed by atoms with Gasteiger partial charge in [-0.2, -0.15) is 0 Å². The Bertz CT molecular complexity index is 450. The standard InChI is InChI=1S/C14H19NO4/c1-10-6-11(2)8-12(7-10)19-5-4-13(16)15(3)9-14(17)18/h6-8H,4-5,9H2,1-3H3,(H,17,18). The van der Waals surface area contributed by atoms with Gasteiger partial charge >= 0.3 is 5.97 Å². The Hall–Kier alpha value is -2.04. The Kier molecular flexibility index (Phi) is 5.36. The maximum Gasteiger partial charge on any atom is 0.323 e. The lowest BCUT2D eigenvalue weighted by Crippen LogP contribution is -2.32. The molecule has 0 saturated carbocycles. The molecule has 0 aliphatic rings. The second-order valence-electron chi connectivity index (χ2n) is 4.57. The summed E-state index contributed by atoms with van der Waals surface area (Å²) in [7, 11) is 1.47. The predicted molar refractivity (Wildman–Crippen MR) is 71.3 cm³/mol. The van der Waals surface area contributed by atoms with Gasteiger partial charge in [0.15, 0.2) is 0 Å². The van der Waals surface area contributed by atoms with Crippen molar-refractivity contribution >= 4 is 11.9 Å². The maximum atomic E-state index is 11.6. The average Bonchev–Trinajstić information content (AvgIpc) is 2.26. The number of rotatable bonds is 6. The van der Waals surface area contributed by atoms with Gasteiger partial charge in [-0.15, -0.1) is 0 Å². The zero-order valence-corrected chi connectivity index (χ0v) is 11.5. The fourth-order valence-corrected chi connectivity index (χ4v) is 1.75. The first-order chi connectivity index (χ1) is 8.88. The second kappa shape index (κ2) is 6.78. The summed E-state index contributed by atoms with van der Waals surface area (Å²) in [5.41, 5.74) is 2.20. The number of carbonyl (C=O) groups excluding carboxylic acids is 1. The van der Waals surface area contributed by atoms with Gasteiger partial charge in [-0.25, -0.2) is 0 Å². The predicted octanol–water partition coefficient (Wildman–Crippen LogP) is 1.62. The molecule has 0 fully saturated rings. The minimum Gasteiger partial charge on any atom is -0.493 e. The van der Waals surface area contributed by atoms with Crippen LogP contribution >= 0.6 is 0 Å². The van der Waals surface area contributed by atoms with E-state index in [0.29, 0.717) is 0 Å². The van der Waals surface area contributed by atoms with Crippen LogP contribution in [0.5, 0.6) is 5.75 Å². The lowest BCUT2D eigenvalue weighted by Gasteiger charge is -2.14. The zero-order chi connectivity index (χ0) is 14.4. The third-order valence-electron chi connectivity index (χ3n) is 2.58. The van der Waals surface area contributed by atoms with Gasteiger partial charge in [-0.3, -0.25) is 9.59 Å². The molecule has 1 N–H and O–H groups in total. The molecule has 0 aliphatic carbocycles. The molecule has 104 valence electrons. The van der Waals surface area contributed by atoms with E-state index in [1.54, 1.807) is 0 Å². The number of ether oxygens (including phenoxy) is 1. The van der Waals surface area contributed by atoms with Gasteiger partial charge in [0.05, 0.1) is 13.0 Å². The number of carboxylic acid groups (broad SMARTS) is 1. The maximum absolute atomic E-state index is 11.6. The van der Waals surface area contributed by atoms with Gasteiger partial charge in [0.2, 0.25) is 5.91 Å². The molecule has 1 amide bonds. The van der Waals surface area contributed by atoms with Crippen LogP contribution in [0.15, 0.2) is 18.2 Å². The van der Waals surface area contributed by atoms with Gasteiger partial charge in [-0.1, -0.05) is 6.07 Å². The highest BCUT2D eigenvalue weighted by atomic mass is 16.5. The third-order valence-corrected chi connectivity index (χ3v) is 2.58. The molecule has 5 nitrogen and oxygen atoms in total. The molecular weight excluding hydrogens is 246 g/mol. The minimum atomic E-state index is -1.02. The number of benzene rings is 1. The van der Waals surface area contributed by atoms with Crippen molar-refractivity contribution in [2.75, 3.05) is 20.2 Å². The number of hydrogen-bond acceptors (Lipinski definition) is 3. The molecule has 5 heteroatoms. The number of amides is 1. The molecule has 1 rings (SSSR count). The highest BCUT2D eigenvalue weighted by Crippen LogP contribution is 2.16. The SMILES string of the molecule is Cc1cc(C)cc(OCCC(=O)N(C)CC(=O)O)c1. The van der Waals surface area contributed by atoms with Crippen LogP contribution in [0.25, 0.3) is 0 Å². The molecule has 0 bridgehead atoms. The molecule has 0 spiro atoms. The summed E-state index contributed by atoms with van der Waals surface area (Å²) in [5, 5.41) is 8.57. The van der Waals surface area contributed by atoms with Crippen LogP contribution in [-0.4, -0.2) is 42.1 Å². The number of hydrogen-bond donors (Lipinski definition) is 1. The van der Waals surface area contributed by atoms with E-state index in [0.717, 1.165) is 16.9 Å². The summed E-state index contributed by atoms with van der Waals surface area (Å²) >= 11 is 0. The molecule has 1 aromatic rings. The largest absolute Gasteiger partial charge is 0.493 e. The number of aryl methyl sites for hydroxylation is 2. The normalized spacial score (nSPS) is 10.1. The first kappa shape index (κ1) is 15.0. The van der Waals surface area contributed by atoms with Crippen molar-refractivity contribution in [1.29, 1.82) is 0 Å². The number of likely N-dealkylation sites (N-methyl/N-ethyl adjacent to an activating group) is 1. The van der Waals surface area contributed by atoms with E-state index in [-0.39, 0.29) is 25.5 Å². The van der Waals surface area contributed by atoms with Crippen LogP contribution in [0.4, 0.5) is 0 Å². The Labute approximate surface area is 112 Å². The molecule has 0 radical (unpaired) electrons. The van der Waals surface area contributed by atoms with Crippen LogP contribution in [-0.2, 0) is 9.59 Å². The molecule has 0 heterocycles. The number of aliphatic carboxylic acids is 1. The van der Waals surface area contributed by atoms with E-state index >= 15 is 0 Å². The molecule has 1 aromatic carbocycles. The molecule has 0 atom stereocenters. The molecule has 0 unspecified atom stereocenters. The summed E-state index contributed by atoms with van der Waals surface area (Å²) < 4.78 is 5.50. The first-order valence-corrected chi connectivity index (χ1v) is 6.05. The fraction of sp³-hybridized carbons (Fsp3) is 0.429. The van der Waals surface area contributed by atoms with E-state index in [2.05, 4.69) is 0 Å². The number of nitrogens with zero attached hydrogens (tertiary/aromatic N) is 1. The summed E-state index contributed by atoms with van der Waals surface area (Å²) in [5.74, 6) is -0.538. The highest BCUT2D eigenvalue weighted by Gasteiger charge is 2.11. The quantitative estimate of drug-likeness (QED) is 0.848. The van der Waals surface area contributed by atoms with Gasteiger partial charge < -0.3 is 14.7 Å². The molecule has 0 aliphatic heterocycles. The van der Waals surface area contributed by atoms with E-state index in [1.165, 1.54) is 11.9 Å². The van der Waals surface area contributed by atoms with Gasteiger partial charge in [-0.05, 0) is 37.1 Å². The van der Waals surface area contributed by atoms with Crippen LogP contribution in [0.1, 0.15) is 17.5 Å². The van der Waals surface area contributed by atoms with Crippen LogP contribution in [0.2, 0.25) is 0 Å². The van der Waals surface area contributed by atoms with Crippen molar-refractivity contribution in [3.63, 3.8) is 0 Å². The summed E-state index contributed by atoms with van der Waals surface area (Å²) in [6.45, 7) is 3.91. The van der Waals surface area contributed by atoms with Crippen molar-refractivity contribution in [2.24, 2.45) is 0 Å². The van der Waals surface area contributed by atoms with Gasteiger partial charge in [0, 0.05) is 7.05 Å². The van der Waals surface area contributed by atoms with Crippen LogP contribution in [0, 0.1) is 13.8 Å². The summed E-state index contributed by atoms with van der Waals surface area (Å²) in [6.07, 6.45) is 0.163. The van der Waals surface area contributed by atoms with Crippen LogP contribution in [0.3, 0.4) is 0 Å². The van der Waals surface area contributed by atoms with E-state index in [4.69, 9.17) is 9.84 Å².